The molecule has 0 unspecified atom stereocenters. The number of fused-ring (bicyclic) bond motifs is 1. The van der Waals surface area contributed by atoms with Crippen LogP contribution in [0.15, 0.2) is 35.4 Å². The third-order valence-electron chi connectivity index (χ3n) is 4.17. The first-order chi connectivity index (χ1) is 11.6. The minimum atomic E-state index is -0.356. The summed E-state index contributed by atoms with van der Waals surface area (Å²) in [6, 6.07) is 5.83. The van der Waals surface area contributed by atoms with Gasteiger partial charge in [-0.3, -0.25) is 4.79 Å². The van der Waals surface area contributed by atoms with E-state index in [1.807, 2.05) is 36.2 Å². The molecule has 1 fully saturated rings. The Balaban J connectivity index is 1.87. The Hall–Kier alpha value is -2.38. The highest BCUT2D eigenvalue weighted by Gasteiger charge is 2.25. The lowest BCUT2D eigenvalue weighted by molar-refractivity contribution is 0.0985. The van der Waals surface area contributed by atoms with Gasteiger partial charge in [-0.05, 0) is 19.1 Å². The average Bonchev–Trinajstić information content (AvgIpc) is 3.02. The number of hydrogen-bond acceptors (Lipinski definition) is 5. The summed E-state index contributed by atoms with van der Waals surface area (Å²) in [6.07, 6.45) is 3.53. The second-order valence-corrected chi connectivity index (χ2v) is 6.14. The number of anilines is 1. The zero-order valence-corrected chi connectivity index (χ0v) is 13.8. The van der Waals surface area contributed by atoms with E-state index in [4.69, 9.17) is 16.3 Å². The Bertz CT molecular complexity index is 951. The molecule has 0 radical (unpaired) electrons. The number of hydrogen-bond donors (Lipinski definition) is 1. The highest BCUT2D eigenvalue weighted by atomic mass is 35.5. The molecule has 24 heavy (non-hydrogen) atoms. The van der Waals surface area contributed by atoms with Gasteiger partial charge in [-0.2, -0.15) is 5.10 Å². The summed E-state index contributed by atoms with van der Waals surface area (Å²) in [5.41, 5.74) is 1.26. The second kappa shape index (κ2) is 5.92. The molecule has 4 heterocycles. The smallest absolute Gasteiger partial charge is 0.272 e. The number of aromatic amines is 1. The maximum absolute atomic E-state index is 12.3. The second-order valence-electron chi connectivity index (χ2n) is 5.76. The minimum Gasteiger partial charge on any atom is -0.377 e. The quantitative estimate of drug-likeness (QED) is 0.768. The van der Waals surface area contributed by atoms with E-state index in [-0.39, 0.29) is 16.6 Å². The molecule has 1 aliphatic heterocycles. The number of nitrogens with one attached hydrogen (secondary N) is 1. The molecule has 8 heteroatoms. The number of aromatic nitrogens is 4. The fourth-order valence-electron chi connectivity index (χ4n) is 2.92. The van der Waals surface area contributed by atoms with Gasteiger partial charge in [-0.15, -0.1) is 0 Å². The number of H-pyrrole nitrogens is 1. The van der Waals surface area contributed by atoms with Gasteiger partial charge in [0.1, 0.15) is 10.8 Å². The van der Waals surface area contributed by atoms with E-state index >= 15 is 0 Å². The number of nitrogens with zero attached hydrogens (tertiary/aromatic N) is 4. The van der Waals surface area contributed by atoms with Crippen molar-refractivity contribution in [1.82, 2.24) is 19.6 Å². The number of morpholine rings is 1. The highest BCUT2D eigenvalue weighted by Crippen LogP contribution is 2.27. The van der Waals surface area contributed by atoms with Gasteiger partial charge in [-0.25, -0.2) is 9.50 Å². The Morgan fingerprint density at radius 2 is 2.29 bits per heavy atom. The topological polar surface area (TPSA) is 75.5 Å². The molecule has 0 aliphatic carbocycles. The molecule has 0 amide bonds. The van der Waals surface area contributed by atoms with Crippen LogP contribution in [-0.2, 0) is 4.74 Å². The molecular formula is C16H16ClN5O2. The normalized spacial score (nSPS) is 18.2. The summed E-state index contributed by atoms with van der Waals surface area (Å²) in [6.45, 7) is 3.83. The van der Waals surface area contributed by atoms with E-state index in [0.717, 1.165) is 11.1 Å². The molecule has 0 aromatic carbocycles. The van der Waals surface area contributed by atoms with Crippen molar-refractivity contribution < 1.29 is 4.74 Å². The zero-order chi connectivity index (χ0) is 16.7. The fourth-order valence-corrected chi connectivity index (χ4v) is 3.12. The SMILES string of the molecule is C[C@@H]1COCCN1c1nc(-c2cnn3ccccc23)[nH]c(=O)c1Cl. The molecule has 7 nitrogen and oxygen atoms in total. The lowest BCUT2D eigenvalue weighted by Crippen LogP contribution is -2.44. The van der Waals surface area contributed by atoms with E-state index < -0.39 is 0 Å². The molecule has 0 bridgehead atoms. The molecule has 4 rings (SSSR count). The van der Waals surface area contributed by atoms with Crippen LogP contribution in [0.2, 0.25) is 5.02 Å². The highest BCUT2D eigenvalue weighted by molar-refractivity contribution is 6.32. The van der Waals surface area contributed by atoms with Crippen molar-refractivity contribution in [2.24, 2.45) is 0 Å². The van der Waals surface area contributed by atoms with Crippen molar-refractivity contribution in [3.8, 4) is 11.4 Å². The summed E-state index contributed by atoms with van der Waals surface area (Å²) >= 11 is 6.23. The Morgan fingerprint density at radius 3 is 3.12 bits per heavy atom. The molecular weight excluding hydrogens is 330 g/mol. The van der Waals surface area contributed by atoms with Crippen molar-refractivity contribution in [2.45, 2.75) is 13.0 Å². The van der Waals surface area contributed by atoms with Crippen molar-refractivity contribution in [1.29, 1.82) is 0 Å². The molecule has 124 valence electrons. The van der Waals surface area contributed by atoms with Crippen LogP contribution < -0.4 is 10.5 Å². The number of halogens is 1. The maximum Gasteiger partial charge on any atom is 0.272 e. The molecule has 3 aromatic heterocycles. The van der Waals surface area contributed by atoms with Gasteiger partial charge in [0.2, 0.25) is 0 Å². The number of rotatable bonds is 2. The van der Waals surface area contributed by atoms with Crippen LogP contribution in [-0.4, -0.2) is 45.4 Å². The Labute approximate surface area is 142 Å². The molecule has 1 N–H and O–H groups in total. The van der Waals surface area contributed by atoms with Crippen LogP contribution >= 0.6 is 11.6 Å². The van der Waals surface area contributed by atoms with Crippen LogP contribution in [0.1, 0.15) is 6.92 Å². The number of pyridine rings is 1. The van der Waals surface area contributed by atoms with E-state index in [9.17, 15) is 4.79 Å². The van der Waals surface area contributed by atoms with Gasteiger partial charge in [0, 0.05) is 12.7 Å². The fraction of sp³-hybridized carbons (Fsp3) is 0.312. The predicted molar refractivity (Wildman–Crippen MR) is 91.7 cm³/mol. The summed E-state index contributed by atoms with van der Waals surface area (Å²) in [7, 11) is 0. The van der Waals surface area contributed by atoms with Gasteiger partial charge in [0.25, 0.3) is 5.56 Å². The van der Waals surface area contributed by atoms with Gasteiger partial charge in [-0.1, -0.05) is 17.7 Å². The zero-order valence-electron chi connectivity index (χ0n) is 13.1. The summed E-state index contributed by atoms with van der Waals surface area (Å²) in [5.74, 6) is 0.945. The van der Waals surface area contributed by atoms with Crippen LogP contribution in [0.4, 0.5) is 5.82 Å². The van der Waals surface area contributed by atoms with E-state index in [1.165, 1.54) is 0 Å². The maximum atomic E-state index is 12.3. The molecule has 1 atom stereocenters. The van der Waals surface area contributed by atoms with Crippen molar-refractivity contribution >= 4 is 22.9 Å². The van der Waals surface area contributed by atoms with E-state index in [0.29, 0.717) is 31.4 Å². The monoisotopic (exact) mass is 345 g/mol. The lowest BCUT2D eigenvalue weighted by Gasteiger charge is -2.34. The van der Waals surface area contributed by atoms with Crippen molar-refractivity contribution in [2.75, 3.05) is 24.7 Å². The van der Waals surface area contributed by atoms with Crippen LogP contribution in [0.3, 0.4) is 0 Å². The standard InChI is InChI=1S/C16H16ClN5O2/c1-10-9-24-7-6-21(10)15-13(17)16(23)20-14(19-15)11-8-18-22-5-3-2-4-12(11)22/h2-5,8,10H,6-7,9H2,1H3,(H,19,20,23)/t10-/m1/s1. The molecule has 0 spiro atoms. The lowest BCUT2D eigenvalue weighted by atomic mass is 10.2. The Kier molecular flexibility index (Phi) is 3.74. The summed E-state index contributed by atoms with van der Waals surface area (Å²) in [4.78, 5) is 21.7. The van der Waals surface area contributed by atoms with Crippen molar-refractivity contribution in [3.63, 3.8) is 0 Å². The summed E-state index contributed by atoms with van der Waals surface area (Å²) < 4.78 is 7.19. The van der Waals surface area contributed by atoms with Gasteiger partial charge < -0.3 is 14.6 Å². The van der Waals surface area contributed by atoms with Gasteiger partial charge >= 0.3 is 0 Å². The minimum absolute atomic E-state index is 0.0994. The van der Waals surface area contributed by atoms with Crippen LogP contribution in [0.5, 0.6) is 0 Å². The van der Waals surface area contributed by atoms with E-state index in [2.05, 4.69) is 15.1 Å². The molecule has 3 aromatic rings. The first-order valence-corrected chi connectivity index (χ1v) is 8.10. The molecule has 0 saturated carbocycles. The van der Waals surface area contributed by atoms with Gasteiger partial charge in [0.15, 0.2) is 5.82 Å². The van der Waals surface area contributed by atoms with Crippen LogP contribution in [0, 0.1) is 0 Å². The van der Waals surface area contributed by atoms with Gasteiger partial charge in [0.05, 0.1) is 36.5 Å². The van der Waals surface area contributed by atoms with Crippen LogP contribution in [0.25, 0.3) is 16.9 Å². The average molecular weight is 346 g/mol. The number of ether oxygens (including phenoxy) is 1. The predicted octanol–water partition coefficient (Wildman–Crippen LogP) is 1.96. The first kappa shape index (κ1) is 15.2. The third kappa shape index (κ3) is 2.46. The molecule has 1 aliphatic rings. The van der Waals surface area contributed by atoms with E-state index in [1.54, 1.807) is 10.7 Å². The first-order valence-electron chi connectivity index (χ1n) is 7.72. The molecule has 1 saturated heterocycles. The third-order valence-corrected chi connectivity index (χ3v) is 4.51. The van der Waals surface area contributed by atoms with Crippen molar-refractivity contribution in [3.05, 3.63) is 46.0 Å². The Morgan fingerprint density at radius 1 is 1.42 bits per heavy atom. The summed E-state index contributed by atoms with van der Waals surface area (Å²) in [5, 5.41) is 4.39. The largest absolute Gasteiger partial charge is 0.377 e.